The van der Waals surface area contributed by atoms with E-state index in [1.807, 2.05) is 0 Å². The summed E-state index contributed by atoms with van der Waals surface area (Å²) in [5.74, 6) is -0.536. The van der Waals surface area contributed by atoms with Crippen LogP contribution in [0, 0.1) is 0 Å². The van der Waals surface area contributed by atoms with Crippen LogP contribution in [0.3, 0.4) is 0 Å². The minimum absolute atomic E-state index is 0.0235. The van der Waals surface area contributed by atoms with Crippen molar-refractivity contribution in [1.29, 1.82) is 0 Å². The van der Waals surface area contributed by atoms with Crippen molar-refractivity contribution in [2.75, 3.05) is 6.61 Å². The maximum atomic E-state index is 13.1. The third-order valence-corrected chi connectivity index (χ3v) is 3.18. The van der Waals surface area contributed by atoms with Gasteiger partial charge in [-0.25, -0.2) is 0 Å². The summed E-state index contributed by atoms with van der Waals surface area (Å²) >= 11 is 0. The fraction of sp³-hybridized carbons (Fsp3) is 0.429. The molecule has 1 aliphatic rings. The Morgan fingerprint density at radius 2 is 2.00 bits per heavy atom. The first kappa shape index (κ1) is 16.3. The number of alkyl halides is 3. The molecule has 0 aliphatic carbocycles. The smallest absolute Gasteiger partial charge is 0.438 e. The van der Waals surface area contributed by atoms with Gasteiger partial charge in [-0.1, -0.05) is 0 Å². The van der Waals surface area contributed by atoms with Gasteiger partial charge in [-0.05, 0) is 38.1 Å². The maximum absolute atomic E-state index is 13.1. The molecule has 0 spiro atoms. The number of rotatable bonds is 3. The van der Waals surface area contributed by atoms with E-state index in [1.54, 1.807) is 6.92 Å². The number of hydrogen-bond acceptors (Lipinski definition) is 4. The van der Waals surface area contributed by atoms with Crippen LogP contribution in [-0.2, 0) is 0 Å². The van der Waals surface area contributed by atoms with E-state index < -0.39 is 24.2 Å². The van der Waals surface area contributed by atoms with Crippen LogP contribution >= 0.6 is 0 Å². The molecular weight excluding hydrogens is 301 g/mol. The average molecular weight is 316 g/mol. The molecule has 1 amide bonds. The lowest BCUT2D eigenvalue weighted by molar-refractivity contribution is -0.297. The second-order valence-electron chi connectivity index (χ2n) is 4.90. The zero-order chi connectivity index (χ0) is 16.5. The molecule has 2 rings (SSSR count). The van der Waals surface area contributed by atoms with E-state index in [2.05, 4.69) is 5.10 Å². The van der Waals surface area contributed by atoms with Crippen LogP contribution in [0.25, 0.3) is 0 Å². The van der Waals surface area contributed by atoms with Crippen LogP contribution in [0.5, 0.6) is 5.75 Å². The van der Waals surface area contributed by atoms with E-state index >= 15 is 0 Å². The molecule has 0 saturated heterocycles. The Bertz CT molecular complexity index is 598. The summed E-state index contributed by atoms with van der Waals surface area (Å²) in [6.45, 7) is 3.53. The number of carbonyl (C=O) groups is 1. The van der Waals surface area contributed by atoms with Gasteiger partial charge in [0.25, 0.3) is 11.6 Å². The summed E-state index contributed by atoms with van der Waals surface area (Å²) in [5, 5.41) is 13.5. The molecule has 22 heavy (non-hydrogen) atoms. The standard InChI is InChI=1S/C14H15F3N2O3/c1-3-22-11-6-4-10(5-7-11)12(20)19-13(21,14(15,16)17)8-9(2)18-19/h4-7,21H,3,8H2,1-2H3/t13-/m1/s1. The quantitative estimate of drug-likeness (QED) is 0.932. The normalized spacial score (nSPS) is 21.7. The monoisotopic (exact) mass is 316 g/mol. The van der Waals surface area contributed by atoms with Crippen molar-refractivity contribution in [2.24, 2.45) is 5.10 Å². The van der Waals surface area contributed by atoms with Gasteiger partial charge in [-0.2, -0.15) is 23.3 Å². The van der Waals surface area contributed by atoms with Crippen molar-refractivity contribution in [3.63, 3.8) is 0 Å². The predicted octanol–water partition coefficient (Wildman–Crippen LogP) is 2.56. The summed E-state index contributed by atoms with van der Waals surface area (Å²) < 4.78 is 44.4. The summed E-state index contributed by atoms with van der Waals surface area (Å²) in [7, 11) is 0. The van der Waals surface area contributed by atoms with E-state index in [0.29, 0.717) is 12.4 Å². The van der Waals surface area contributed by atoms with E-state index in [-0.39, 0.29) is 16.3 Å². The van der Waals surface area contributed by atoms with Crippen LogP contribution in [0.15, 0.2) is 29.4 Å². The van der Waals surface area contributed by atoms with Gasteiger partial charge < -0.3 is 9.84 Å². The fourth-order valence-corrected chi connectivity index (χ4v) is 2.14. The molecule has 1 heterocycles. The molecule has 0 fully saturated rings. The van der Waals surface area contributed by atoms with Gasteiger partial charge in [-0.3, -0.25) is 4.79 Å². The van der Waals surface area contributed by atoms with Gasteiger partial charge in [0.1, 0.15) is 5.75 Å². The highest BCUT2D eigenvalue weighted by Gasteiger charge is 2.62. The van der Waals surface area contributed by atoms with Gasteiger partial charge in [-0.15, -0.1) is 0 Å². The van der Waals surface area contributed by atoms with Gasteiger partial charge in [0.15, 0.2) is 0 Å². The number of nitrogens with zero attached hydrogens (tertiary/aromatic N) is 2. The molecule has 1 aromatic carbocycles. The van der Waals surface area contributed by atoms with Crippen molar-refractivity contribution in [3.8, 4) is 5.75 Å². The lowest BCUT2D eigenvalue weighted by Gasteiger charge is -2.32. The minimum Gasteiger partial charge on any atom is -0.494 e. The zero-order valence-electron chi connectivity index (χ0n) is 12.0. The lowest BCUT2D eigenvalue weighted by atomic mass is 10.1. The van der Waals surface area contributed by atoms with Crippen LogP contribution in [0.4, 0.5) is 13.2 Å². The Morgan fingerprint density at radius 1 is 1.41 bits per heavy atom. The maximum Gasteiger partial charge on any atom is 0.438 e. The molecule has 1 N–H and O–H groups in total. The van der Waals surface area contributed by atoms with Crippen LogP contribution < -0.4 is 4.74 Å². The molecule has 8 heteroatoms. The average Bonchev–Trinajstić information content (AvgIpc) is 2.75. The molecule has 0 saturated carbocycles. The van der Waals surface area contributed by atoms with Crippen molar-refractivity contribution < 1.29 is 27.8 Å². The zero-order valence-corrected chi connectivity index (χ0v) is 12.0. The van der Waals surface area contributed by atoms with E-state index in [4.69, 9.17) is 4.74 Å². The first-order valence-corrected chi connectivity index (χ1v) is 6.59. The first-order chi connectivity index (χ1) is 10.2. The predicted molar refractivity (Wildman–Crippen MR) is 72.5 cm³/mol. The number of ether oxygens (including phenoxy) is 1. The number of aliphatic hydroxyl groups is 1. The molecule has 5 nitrogen and oxygen atoms in total. The van der Waals surface area contributed by atoms with Gasteiger partial charge in [0.2, 0.25) is 0 Å². The molecule has 0 unspecified atom stereocenters. The van der Waals surface area contributed by atoms with Crippen molar-refractivity contribution in [1.82, 2.24) is 5.01 Å². The van der Waals surface area contributed by atoms with E-state index in [0.717, 1.165) is 0 Å². The van der Waals surface area contributed by atoms with Crippen molar-refractivity contribution in [2.45, 2.75) is 32.2 Å². The number of halogens is 3. The molecule has 1 aliphatic heterocycles. The van der Waals surface area contributed by atoms with Gasteiger partial charge in [0.05, 0.1) is 6.61 Å². The molecule has 1 aromatic rings. The molecule has 0 bridgehead atoms. The summed E-state index contributed by atoms with van der Waals surface area (Å²) in [6.07, 6.45) is -5.77. The Labute approximate surface area is 125 Å². The first-order valence-electron chi connectivity index (χ1n) is 6.59. The topological polar surface area (TPSA) is 62.1 Å². The molecule has 0 radical (unpaired) electrons. The Hall–Kier alpha value is -2.09. The fourth-order valence-electron chi connectivity index (χ4n) is 2.14. The van der Waals surface area contributed by atoms with Crippen molar-refractivity contribution >= 4 is 11.6 Å². The molecular formula is C14H15F3N2O3. The summed E-state index contributed by atoms with van der Waals surface area (Å²) in [6, 6.07) is 5.59. The van der Waals surface area contributed by atoms with E-state index in [1.165, 1.54) is 31.2 Å². The highest BCUT2D eigenvalue weighted by Crippen LogP contribution is 2.40. The second kappa shape index (κ2) is 5.60. The lowest BCUT2D eigenvalue weighted by Crippen LogP contribution is -2.56. The molecule has 120 valence electrons. The number of carbonyl (C=O) groups excluding carboxylic acids is 1. The number of hydrogen-bond donors (Lipinski definition) is 1. The highest BCUT2D eigenvalue weighted by atomic mass is 19.4. The molecule has 1 atom stereocenters. The second-order valence-corrected chi connectivity index (χ2v) is 4.90. The third-order valence-electron chi connectivity index (χ3n) is 3.18. The van der Waals surface area contributed by atoms with E-state index in [9.17, 15) is 23.1 Å². The Morgan fingerprint density at radius 3 is 2.50 bits per heavy atom. The number of amides is 1. The highest BCUT2D eigenvalue weighted by molar-refractivity contribution is 5.97. The van der Waals surface area contributed by atoms with Gasteiger partial charge >= 0.3 is 6.18 Å². The Balaban J connectivity index is 2.30. The van der Waals surface area contributed by atoms with Crippen LogP contribution in [0.1, 0.15) is 30.6 Å². The number of benzene rings is 1. The van der Waals surface area contributed by atoms with Crippen LogP contribution in [-0.4, -0.2) is 40.2 Å². The van der Waals surface area contributed by atoms with Crippen molar-refractivity contribution in [3.05, 3.63) is 29.8 Å². The minimum atomic E-state index is -5.00. The van der Waals surface area contributed by atoms with Crippen LogP contribution in [0.2, 0.25) is 0 Å². The molecule has 0 aromatic heterocycles. The summed E-state index contributed by atoms with van der Waals surface area (Å²) in [5.41, 5.74) is -3.31. The number of hydrazone groups is 1. The largest absolute Gasteiger partial charge is 0.494 e. The summed E-state index contributed by atoms with van der Waals surface area (Å²) in [4.78, 5) is 12.2. The Kier molecular flexibility index (Phi) is 4.15. The third kappa shape index (κ3) is 2.78. The van der Waals surface area contributed by atoms with Gasteiger partial charge in [0, 0.05) is 17.7 Å². The SMILES string of the molecule is CCOc1ccc(C(=O)N2N=C(C)C[C@@]2(O)C(F)(F)F)cc1.